The molecule has 0 aliphatic carbocycles. The van der Waals surface area contributed by atoms with E-state index < -0.39 is 0 Å². The molecule has 1 rings (SSSR count). The molecule has 15 heavy (non-hydrogen) atoms. The molecule has 1 aliphatic rings. The minimum absolute atomic E-state index is 0.00480. The molecule has 88 valence electrons. The molecular formula is C10H17Cl2NO2. The first kappa shape index (κ1) is 13.1. The Morgan fingerprint density at radius 3 is 2.47 bits per heavy atom. The Labute approximate surface area is 101 Å². The van der Waals surface area contributed by atoms with E-state index in [1.165, 1.54) is 0 Å². The predicted octanol–water partition coefficient (Wildman–Crippen LogP) is 1.72. The first-order valence-electron chi connectivity index (χ1n) is 5.28. The van der Waals surface area contributed by atoms with Gasteiger partial charge in [0.15, 0.2) is 0 Å². The highest BCUT2D eigenvalue weighted by atomic mass is 35.5. The minimum Gasteiger partial charge on any atom is -0.381 e. The zero-order chi connectivity index (χ0) is 11.1. The molecule has 0 bridgehead atoms. The van der Waals surface area contributed by atoms with Crippen molar-refractivity contribution in [2.24, 2.45) is 5.92 Å². The van der Waals surface area contributed by atoms with E-state index in [-0.39, 0.29) is 11.8 Å². The molecule has 1 unspecified atom stereocenters. The molecule has 1 fully saturated rings. The van der Waals surface area contributed by atoms with Crippen molar-refractivity contribution in [2.45, 2.75) is 12.8 Å². The van der Waals surface area contributed by atoms with Gasteiger partial charge in [-0.05, 0) is 12.8 Å². The van der Waals surface area contributed by atoms with Crippen LogP contribution >= 0.6 is 23.2 Å². The van der Waals surface area contributed by atoms with Crippen LogP contribution in [-0.4, -0.2) is 48.9 Å². The van der Waals surface area contributed by atoms with Crippen molar-refractivity contribution in [3.05, 3.63) is 0 Å². The van der Waals surface area contributed by atoms with Gasteiger partial charge in [-0.15, -0.1) is 23.2 Å². The van der Waals surface area contributed by atoms with Crippen molar-refractivity contribution in [1.29, 1.82) is 0 Å². The van der Waals surface area contributed by atoms with E-state index in [1.807, 2.05) is 0 Å². The van der Waals surface area contributed by atoms with Crippen LogP contribution in [0.5, 0.6) is 0 Å². The van der Waals surface area contributed by atoms with Crippen LogP contribution in [-0.2, 0) is 9.53 Å². The lowest BCUT2D eigenvalue weighted by Crippen LogP contribution is -2.41. The summed E-state index contributed by atoms with van der Waals surface area (Å²) in [6, 6.07) is 0. The number of halogens is 2. The maximum Gasteiger partial charge on any atom is 0.228 e. The fraction of sp³-hybridized carbons (Fsp3) is 0.900. The standard InChI is InChI=1S/C10H17Cl2NO2/c11-3-5-13(6-4-12)10(14)9-2-1-7-15-8-9/h9H,1-8H2. The van der Waals surface area contributed by atoms with Gasteiger partial charge in [-0.25, -0.2) is 0 Å². The maximum absolute atomic E-state index is 12.0. The molecule has 0 aromatic heterocycles. The summed E-state index contributed by atoms with van der Waals surface area (Å²) >= 11 is 11.3. The second-order valence-corrected chi connectivity index (χ2v) is 4.37. The number of ether oxygens (including phenoxy) is 1. The van der Waals surface area contributed by atoms with Crippen molar-refractivity contribution in [1.82, 2.24) is 4.90 Å². The van der Waals surface area contributed by atoms with Gasteiger partial charge in [0.25, 0.3) is 0 Å². The minimum atomic E-state index is 0.00480. The number of carbonyl (C=O) groups is 1. The monoisotopic (exact) mass is 253 g/mol. The maximum atomic E-state index is 12.0. The van der Waals surface area contributed by atoms with Crippen LogP contribution in [0.2, 0.25) is 0 Å². The summed E-state index contributed by atoms with van der Waals surface area (Å²) in [5.74, 6) is 1.05. The molecule has 0 spiro atoms. The number of rotatable bonds is 5. The molecule has 0 radical (unpaired) electrons. The Morgan fingerprint density at radius 2 is 2.00 bits per heavy atom. The molecule has 0 N–H and O–H groups in total. The van der Waals surface area contributed by atoms with E-state index in [4.69, 9.17) is 27.9 Å². The largest absolute Gasteiger partial charge is 0.381 e. The highest BCUT2D eigenvalue weighted by Gasteiger charge is 2.25. The van der Waals surface area contributed by atoms with Gasteiger partial charge in [0.05, 0.1) is 12.5 Å². The van der Waals surface area contributed by atoms with E-state index in [0.29, 0.717) is 31.5 Å². The number of hydrogen-bond donors (Lipinski definition) is 0. The number of carbonyl (C=O) groups excluding carboxylic acids is 1. The molecule has 3 nitrogen and oxygen atoms in total. The van der Waals surface area contributed by atoms with E-state index in [0.717, 1.165) is 19.4 Å². The van der Waals surface area contributed by atoms with Crippen molar-refractivity contribution >= 4 is 29.1 Å². The van der Waals surface area contributed by atoms with Crippen molar-refractivity contribution in [3.8, 4) is 0 Å². The normalized spacial score (nSPS) is 21.3. The summed E-state index contributed by atoms with van der Waals surface area (Å²) in [4.78, 5) is 13.7. The first-order chi connectivity index (χ1) is 7.29. The molecule has 5 heteroatoms. The number of hydrogen-bond acceptors (Lipinski definition) is 2. The third-order valence-corrected chi connectivity index (χ3v) is 2.87. The predicted molar refractivity (Wildman–Crippen MR) is 61.6 cm³/mol. The molecule has 1 amide bonds. The van der Waals surface area contributed by atoms with Gasteiger partial charge < -0.3 is 9.64 Å². The Morgan fingerprint density at radius 1 is 1.33 bits per heavy atom. The fourth-order valence-electron chi connectivity index (χ4n) is 1.73. The Bertz CT molecular complexity index is 190. The molecule has 0 aromatic rings. The van der Waals surface area contributed by atoms with Gasteiger partial charge in [-0.2, -0.15) is 0 Å². The summed E-state index contributed by atoms with van der Waals surface area (Å²) in [5, 5.41) is 0. The first-order valence-corrected chi connectivity index (χ1v) is 6.35. The van der Waals surface area contributed by atoms with E-state index >= 15 is 0 Å². The van der Waals surface area contributed by atoms with Crippen LogP contribution in [0.3, 0.4) is 0 Å². The summed E-state index contributed by atoms with van der Waals surface area (Å²) in [6.07, 6.45) is 1.88. The number of nitrogens with zero attached hydrogens (tertiary/aromatic N) is 1. The second kappa shape index (κ2) is 7.31. The van der Waals surface area contributed by atoms with Crippen LogP contribution in [0.1, 0.15) is 12.8 Å². The lowest BCUT2D eigenvalue weighted by Gasteiger charge is -2.28. The van der Waals surface area contributed by atoms with Crippen LogP contribution < -0.4 is 0 Å². The average Bonchev–Trinajstić information content (AvgIpc) is 2.29. The van der Waals surface area contributed by atoms with Crippen LogP contribution in [0.25, 0.3) is 0 Å². The van der Waals surface area contributed by atoms with Gasteiger partial charge in [0, 0.05) is 31.5 Å². The average molecular weight is 254 g/mol. The third kappa shape index (κ3) is 4.17. The molecule has 1 atom stereocenters. The highest BCUT2D eigenvalue weighted by Crippen LogP contribution is 2.16. The van der Waals surface area contributed by atoms with Crippen molar-refractivity contribution < 1.29 is 9.53 Å². The number of amides is 1. The summed E-state index contributed by atoms with van der Waals surface area (Å²) < 4.78 is 5.30. The smallest absolute Gasteiger partial charge is 0.228 e. The lowest BCUT2D eigenvalue weighted by atomic mass is 10.0. The Kier molecular flexibility index (Phi) is 6.37. The molecule has 1 saturated heterocycles. The van der Waals surface area contributed by atoms with Gasteiger partial charge in [0.1, 0.15) is 0 Å². The van der Waals surface area contributed by atoms with Gasteiger partial charge in [-0.3, -0.25) is 4.79 Å². The van der Waals surface area contributed by atoms with Crippen molar-refractivity contribution in [3.63, 3.8) is 0 Å². The van der Waals surface area contributed by atoms with Crippen LogP contribution in [0, 0.1) is 5.92 Å². The molecule has 1 aliphatic heterocycles. The third-order valence-electron chi connectivity index (χ3n) is 2.53. The van der Waals surface area contributed by atoms with Gasteiger partial charge in [-0.1, -0.05) is 0 Å². The molecule has 0 aromatic carbocycles. The topological polar surface area (TPSA) is 29.5 Å². The quantitative estimate of drug-likeness (QED) is 0.699. The zero-order valence-electron chi connectivity index (χ0n) is 8.75. The summed E-state index contributed by atoms with van der Waals surface area (Å²) in [7, 11) is 0. The fourth-order valence-corrected chi connectivity index (χ4v) is 2.14. The lowest BCUT2D eigenvalue weighted by molar-refractivity contribution is -0.139. The van der Waals surface area contributed by atoms with Crippen LogP contribution in [0.4, 0.5) is 0 Å². The Hall–Kier alpha value is 0.01000. The Balaban J connectivity index is 2.45. The van der Waals surface area contributed by atoms with E-state index in [2.05, 4.69) is 0 Å². The molecular weight excluding hydrogens is 237 g/mol. The highest BCUT2D eigenvalue weighted by molar-refractivity contribution is 6.18. The van der Waals surface area contributed by atoms with E-state index in [9.17, 15) is 4.79 Å². The summed E-state index contributed by atoms with van der Waals surface area (Å²) in [5.41, 5.74) is 0. The van der Waals surface area contributed by atoms with Crippen molar-refractivity contribution in [2.75, 3.05) is 38.1 Å². The van der Waals surface area contributed by atoms with E-state index in [1.54, 1.807) is 4.90 Å². The zero-order valence-corrected chi connectivity index (χ0v) is 10.3. The SMILES string of the molecule is O=C(C1CCCOC1)N(CCCl)CCCl. The van der Waals surface area contributed by atoms with Gasteiger partial charge >= 0.3 is 0 Å². The molecule has 0 saturated carbocycles. The van der Waals surface area contributed by atoms with Crippen LogP contribution in [0.15, 0.2) is 0 Å². The molecule has 1 heterocycles. The second-order valence-electron chi connectivity index (χ2n) is 3.62. The summed E-state index contributed by atoms with van der Waals surface area (Å²) in [6.45, 7) is 2.46. The van der Waals surface area contributed by atoms with Gasteiger partial charge in [0.2, 0.25) is 5.91 Å². The number of alkyl halides is 2.